The Kier molecular flexibility index (Phi) is 4.30. The van der Waals surface area contributed by atoms with Crippen LogP contribution in [-0.4, -0.2) is 32.0 Å². The third-order valence-electron chi connectivity index (χ3n) is 4.96. The fourth-order valence-electron chi connectivity index (χ4n) is 3.97. The Balaban J connectivity index is 1.67. The lowest BCUT2D eigenvalue weighted by Gasteiger charge is -2.38. The van der Waals surface area contributed by atoms with Gasteiger partial charge in [0, 0.05) is 41.5 Å². The number of nitrogens with one attached hydrogen (secondary N) is 2. The van der Waals surface area contributed by atoms with Crippen LogP contribution < -0.4 is 16.4 Å². The highest BCUT2D eigenvalue weighted by atomic mass is 16.1. The van der Waals surface area contributed by atoms with Crippen LogP contribution in [0.25, 0.3) is 16.7 Å². The van der Waals surface area contributed by atoms with Gasteiger partial charge in [0.15, 0.2) is 0 Å². The lowest BCUT2D eigenvalue weighted by Crippen LogP contribution is -2.48. The number of nitrogens with zero attached hydrogens (tertiary/aromatic N) is 3. The van der Waals surface area contributed by atoms with Gasteiger partial charge in [-0.25, -0.2) is 4.98 Å². The first-order valence-corrected chi connectivity index (χ1v) is 9.28. The number of fused-ring (bicyclic) bond motifs is 1. The maximum atomic E-state index is 11.8. The molecule has 1 aromatic carbocycles. The lowest BCUT2D eigenvalue weighted by atomic mass is 9.88. The second-order valence-corrected chi connectivity index (χ2v) is 7.89. The molecular formula is C21H24N6O. The van der Waals surface area contributed by atoms with Crippen LogP contribution in [0.1, 0.15) is 37.0 Å². The molecule has 144 valence electrons. The Labute approximate surface area is 163 Å². The quantitative estimate of drug-likeness (QED) is 0.650. The maximum Gasteiger partial charge on any atom is 0.250 e. The molecule has 1 aliphatic rings. The van der Waals surface area contributed by atoms with E-state index in [1.807, 2.05) is 34.9 Å². The molecule has 3 aromatic rings. The van der Waals surface area contributed by atoms with Crippen LogP contribution >= 0.6 is 0 Å². The SMILES string of the molecule is C=C1CC(Nc2nccc(-n3cc(C(N)=O)c4ccccc43)n2)CC(C)(C)N1. The van der Waals surface area contributed by atoms with E-state index in [-0.39, 0.29) is 11.6 Å². The summed E-state index contributed by atoms with van der Waals surface area (Å²) in [5.74, 6) is 0.762. The third kappa shape index (κ3) is 3.43. The topological polar surface area (TPSA) is 97.9 Å². The van der Waals surface area contributed by atoms with Crippen molar-refractivity contribution in [1.82, 2.24) is 19.9 Å². The smallest absolute Gasteiger partial charge is 0.250 e. The van der Waals surface area contributed by atoms with Gasteiger partial charge in [0.2, 0.25) is 5.95 Å². The zero-order chi connectivity index (χ0) is 19.9. The monoisotopic (exact) mass is 376 g/mol. The van der Waals surface area contributed by atoms with Crippen LogP contribution in [-0.2, 0) is 0 Å². The van der Waals surface area contributed by atoms with E-state index in [9.17, 15) is 4.79 Å². The van der Waals surface area contributed by atoms with Gasteiger partial charge in [-0.3, -0.25) is 4.79 Å². The first-order chi connectivity index (χ1) is 13.3. The van der Waals surface area contributed by atoms with Crippen molar-refractivity contribution in [2.24, 2.45) is 5.73 Å². The van der Waals surface area contributed by atoms with Gasteiger partial charge in [-0.05, 0) is 32.4 Å². The van der Waals surface area contributed by atoms with Crippen molar-refractivity contribution >= 4 is 22.8 Å². The number of nitrogens with two attached hydrogens (primary N) is 1. The van der Waals surface area contributed by atoms with E-state index in [2.05, 4.69) is 41.0 Å². The zero-order valence-corrected chi connectivity index (χ0v) is 16.1. The van der Waals surface area contributed by atoms with Crippen LogP contribution in [0.15, 0.2) is 55.0 Å². The molecule has 1 amide bonds. The Morgan fingerprint density at radius 2 is 2.14 bits per heavy atom. The molecule has 1 fully saturated rings. The van der Waals surface area contributed by atoms with E-state index < -0.39 is 5.91 Å². The second-order valence-electron chi connectivity index (χ2n) is 7.89. The molecule has 0 radical (unpaired) electrons. The van der Waals surface area contributed by atoms with Crippen LogP contribution in [0.3, 0.4) is 0 Å². The molecule has 0 bridgehead atoms. The Hall–Kier alpha value is -3.35. The van der Waals surface area contributed by atoms with E-state index in [1.54, 1.807) is 12.4 Å². The maximum absolute atomic E-state index is 11.8. The number of para-hydroxylation sites is 1. The minimum absolute atomic E-state index is 0.0301. The Morgan fingerprint density at radius 3 is 2.89 bits per heavy atom. The molecule has 7 heteroatoms. The van der Waals surface area contributed by atoms with Crippen LogP contribution in [0, 0.1) is 0 Å². The number of carbonyl (C=O) groups is 1. The van der Waals surface area contributed by atoms with Crippen molar-refractivity contribution < 1.29 is 4.79 Å². The molecule has 1 saturated heterocycles. The van der Waals surface area contributed by atoms with Gasteiger partial charge in [0.1, 0.15) is 5.82 Å². The molecule has 0 saturated carbocycles. The van der Waals surface area contributed by atoms with Crippen molar-refractivity contribution in [3.05, 3.63) is 60.6 Å². The summed E-state index contributed by atoms with van der Waals surface area (Å²) in [6.07, 6.45) is 5.19. The number of hydrogen-bond acceptors (Lipinski definition) is 5. The summed E-state index contributed by atoms with van der Waals surface area (Å²) < 4.78 is 1.87. The molecule has 28 heavy (non-hydrogen) atoms. The first kappa shape index (κ1) is 18.0. The van der Waals surface area contributed by atoms with Crippen LogP contribution in [0.4, 0.5) is 5.95 Å². The normalized spacial score (nSPS) is 18.6. The van der Waals surface area contributed by atoms with Crippen LogP contribution in [0.2, 0.25) is 0 Å². The largest absolute Gasteiger partial charge is 0.384 e. The van der Waals surface area contributed by atoms with Gasteiger partial charge in [-0.2, -0.15) is 4.98 Å². The van der Waals surface area contributed by atoms with Gasteiger partial charge in [0.05, 0.1) is 11.1 Å². The summed E-state index contributed by atoms with van der Waals surface area (Å²) in [4.78, 5) is 20.9. The second kappa shape index (κ2) is 6.67. The number of anilines is 1. The summed E-state index contributed by atoms with van der Waals surface area (Å²) in [7, 11) is 0. The number of hydrogen-bond donors (Lipinski definition) is 3. The number of amides is 1. The van der Waals surface area contributed by atoms with Crippen LogP contribution in [0.5, 0.6) is 0 Å². The van der Waals surface area contributed by atoms with Crippen molar-refractivity contribution in [3.8, 4) is 5.82 Å². The first-order valence-electron chi connectivity index (χ1n) is 9.28. The number of primary amides is 1. The molecule has 3 heterocycles. The number of carbonyl (C=O) groups excluding carboxylic acids is 1. The number of rotatable bonds is 4. The van der Waals surface area contributed by atoms with E-state index in [0.717, 1.165) is 29.4 Å². The number of aromatic nitrogens is 3. The summed E-state index contributed by atoms with van der Waals surface area (Å²) in [6.45, 7) is 8.39. The molecule has 0 aliphatic carbocycles. The van der Waals surface area contributed by atoms with E-state index in [0.29, 0.717) is 17.3 Å². The molecular weight excluding hydrogens is 352 g/mol. The summed E-state index contributed by atoms with van der Waals surface area (Å²) >= 11 is 0. The predicted molar refractivity (Wildman–Crippen MR) is 110 cm³/mol. The molecule has 4 rings (SSSR count). The third-order valence-corrected chi connectivity index (χ3v) is 4.96. The van der Waals surface area contributed by atoms with E-state index in [4.69, 9.17) is 5.73 Å². The number of piperidine rings is 1. The lowest BCUT2D eigenvalue weighted by molar-refractivity contribution is 0.100. The van der Waals surface area contributed by atoms with Crippen molar-refractivity contribution in [2.75, 3.05) is 5.32 Å². The molecule has 1 unspecified atom stereocenters. The van der Waals surface area contributed by atoms with E-state index in [1.165, 1.54) is 0 Å². The standard InChI is InChI=1S/C21H24N6O/c1-13-10-14(11-21(2,3)26-13)24-20-23-9-8-18(25-20)27-12-16(19(22)28)15-6-4-5-7-17(15)27/h4-9,12,14,26H,1,10-11H2,2-3H3,(H2,22,28)(H,23,24,25). The molecule has 4 N–H and O–H groups in total. The van der Waals surface area contributed by atoms with E-state index >= 15 is 0 Å². The number of benzene rings is 1. The minimum Gasteiger partial charge on any atom is -0.384 e. The highest BCUT2D eigenvalue weighted by molar-refractivity contribution is 6.06. The van der Waals surface area contributed by atoms with Gasteiger partial charge in [-0.15, -0.1) is 0 Å². The van der Waals surface area contributed by atoms with Gasteiger partial charge >= 0.3 is 0 Å². The zero-order valence-electron chi connectivity index (χ0n) is 16.1. The Bertz CT molecular complexity index is 1070. The average molecular weight is 376 g/mol. The molecule has 1 aliphatic heterocycles. The molecule has 1 atom stereocenters. The highest BCUT2D eigenvalue weighted by Crippen LogP contribution is 2.27. The average Bonchev–Trinajstić information content (AvgIpc) is 3.00. The van der Waals surface area contributed by atoms with Gasteiger partial charge in [0.25, 0.3) is 5.91 Å². The summed E-state index contributed by atoms with van der Waals surface area (Å²) in [6, 6.07) is 9.64. The fourth-order valence-corrected chi connectivity index (χ4v) is 3.97. The summed E-state index contributed by atoms with van der Waals surface area (Å²) in [5, 5.41) is 7.65. The van der Waals surface area contributed by atoms with Crippen molar-refractivity contribution in [2.45, 2.75) is 38.3 Å². The minimum atomic E-state index is -0.460. The highest BCUT2D eigenvalue weighted by Gasteiger charge is 2.29. The molecule has 2 aromatic heterocycles. The predicted octanol–water partition coefficient (Wildman–Crippen LogP) is 2.98. The fraction of sp³-hybridized carbons (Fsp3) is 0.286. The summed E-state index contributed by atoms with van der Waals surface area (Å²) in [5.41, 5.74) is 7.87. The van der Waals surface area contributed by atoms with Gasteiger partial charge in [-0.1, -0.05) is 24.8 Å². The van der Waals surface area contributed by atoms with Crippen molar-refractivity contribution in [3.63, 3.8) is 0 Å². The Morgan fingerprint density at radius 1 is 1.36 bits per heavy atom. The molecule has 7 nitrogen and oxygen atoms in total. The van der Waals surface area contributed by atoms with Gasteiger partial charge < -0.3 is 20.9 Å². The molecule has 0 spiro atoms. The van der Waals surface area contributed by atoms with Crippen molar-refractivity contribution in [1.29, 1.82) is 0 Å².